The molecule has 0 unspecified atom stereocenters. The fraction of sp³-hybridized carbons (Fsp3) is 0.150. The van der Waals surface area contributed by atoms with E-state index in [9.17, 15) is 26.4 Å². The van der Waals surface area contributed by atoms with Crippen LogP contribution < -0.4 is 14.4 Å². The lowest BCUT2D eigenvalue weighted by atomic mass is 10.1. The lowest BCUT2D eigenvalue weighted by Crippen LogP contribution is -2.30. The maximum Gasteiger partial charge on any atom is 0.573 e. The summed E-state index contributed by atoms with van der Waals surface area (Å²) in [5.41, 5.74) is 1.16. The Labute approximate surface area is 204 Å². The van der Waals surface area contributed by atoms with Crippen molar-refractivity contribution in [1.82, 2.24) is 9.71 Å². The van der Waals surface area contributed by atoms with Crippen molar-refractivity contribution in [3.63, 3.8) is 0 Å². The number of nitrogens with one attached hydrogen (secondary N) is 1. The predicted octanol–water partition coefficient (Wildman–Crippen LogP) is 4.70. The molecule has 3 aromatic rings. The highest BCUT2D eigenvalue weighted by Crippen LogP contribution is 2.36. The van der Waals surface area contributed by atoms with Gasteiger partial charge in [-0.15, -0.1) is 13.2 Å². The Bertz CT molecular complexity index is 1350. The molecular weight excluding hydrogens is 561 g/mol. The first-order valence-corrected chi connectivity index (χ1v) is 12.7. The number of ether oxygens (including phenoxy) is 1. The van der Waals surface area contributed by atoms with E-state index >= 15 is 0 Å². The molecule has 0 saturated heterocycles. The molecule has 14 heteroatoms. The highest BCUT2D eigenvalue weighted by molar-refractivity contribution is 9.11. The number of sulfonamides is 1. The van der Waals surface area contributed by atoms with Crippen molar-refractivity contribution < 1.29 is 31.1 Å². The number of nitriles is 1. The van der Waals surface area contributed by atoms with Gasteiger partial charge < -0.3 is 9.64 Å². The molecule has 2 aromatic carbocycles. The number of carbonyl (C=O) groups is 1. The lowest BCUT2D eigenvalue weighted by molar-refractivity contribution is -0.274. The number of halogens is 4. The van der Waals surface area contributed by atoms with Crippen LogP contribution in [0.4, 0.5) is 24.0 Å². The standard InChI is InChI=1S/C20H14BrF3N4O4S2/c1-34(30,31)27-18(29)16-17(21)33-19(26-16)28(14-7-5-12(10-25)6-8-14)11-13-3-2-4-15(9-13)32-20(22,23)24/h2-9H,11H2,1H3,(H,27,29). The molecule has 0 fully saturated rings. The average molecular weight is 575 g/mol. The minimum atomic E-state index is -4.85. The second-order valence-corrected chi connectivity index (χ2v) is 10.8. The number of hydrogen-bond acceptors (Lipinski definition) is 8. The van der Waals surface area contributed by atoms with E-state index < -0.39 is 28.0 Å². The number of nitrogens with zero attached hydrogens (tertiary/aromatic N) is 3. The summed E-state index contributed by atoms with van der Waals surface area (Å²) < 4.78 is 66.8. The van der Waals surface area contributed by atoms with Gasteiger partial charge in [-0.25, -0.2) is 18.1 Å². The number of amides is 1. The Morgan fingerprint density at radius 2 is 1.94 bits per heavy atom. The van der Waals surface area contributed by atoms with Crippen LogP contribution in [0.15, 0.2) is 52.3 Å². The van der Waals surface area contributed by atoms with Gasteiger partial charge in [-0.1, -0.05) is 23.5 Å². The molecule has 1 N–H and O–H groups in total. The third-order valence-electron chi connectivity index (χ3n) is 4.08. The summed E-state index contributed by atoms with van der Waals surface area (Å²) >= 11 is 4.22. The molecule has 34 heavy (non-hydrogen) atoms. The molecule has 178 valence electrons. The minimum absolute atomic E-state index is 0.0219. The van der Waals surface area contributed by atoms with Crippen molar-refractivity contribution in [1.29, 1.82) is 5.26 Å². The molecule has 1 heterocycles. The molecule has 0 bridgehead atoms. The monoisotopic (exact) mass is 574 g/mol. The van der Waals surface area contributed by atoms with Gasteiger partial charge in [0, 0.05) is 5.69 Å². The Kier molecular flexibility index (Phi) is 7.49. The van der Waals surface area contributed by atoms with Crippen LogP contribution in [0.5, 0.6) is 5.75 Å². The normalized spacial score (nSPS) is 11.5. The Balaban J connectivity index is 2.01. The molecule has 8 nitrogen and oxygen atoms in total. The zero-order valence-electron chi connectivity index (χ0n) is 17.1. The first-order valence-electron chi connectivity index (χ1n) is 9.15. The molecule has 0 radical (unpaired) electrons. The molecule has 1 amide bonds. The third-order valence-corrected chi connectivity index (χ3v) is 6.36. The fourth-order valence-corrected chi connectivity index (χ4v) is 4.72. The number of alkyl halides is 3. The molecule has 0 spiro atoms. The van der Waals surface area contributed by atoms with Crippen LogP contribution in [0.25, 0.3) is 0 Å². The highest BCUT2D eigenvalue weighted by atomic mass is 79.9. The Morgan fingerprint density at radius 3 is 2.53 bits per heavy atom. The molecule has 0 aliphatic heterocycles. The van der Waals surface area contributed by atoms with E-state index in [1.54, 1.807) is 35.2 Å². The summed E-state index contributed by atoms with van der Waals surface area (Å²) in [6.07, 6.45) is -4.03. The van der Waals surface area contributed by atoms with Crippen molar-refractivity contribution in [3.05, 3.63) is 69.1 Å². The predicted molar refractivity (Wildman–Crippen MR) is 122 cm³/mol. The SMILES string of the molecule is CS(=O)(=O)NC(=O)c1nc(N(Cc2cccc(OC(F)(F)F)c2)c2ccc(C#N)cc2)sc1Br. The maximum absolute atomic E-state index is 12.6. The van der Waals surface area contributed by atoms with Crippen LogP contribution in [0.2, 0.25) is 0 Å². The van der Waals surface area contributed by atoms with Gasteiger partial charge in [0.15, 0.2) is 10.8 Å². The molecular formula is C20H14BrF3N4O4S2. The smallest absolute Gasteiger partial charge is 0.406 e. The molecule has 3 rings (SSSR count). The van der Waals surface area contributed by atoms with Crippen molar-refractivity contribution in [3.8, 4) is 11.8 Å². The van der Waals surface area contributed by atoms with E-state index in [1.165, 1.54) is 12.1 Å². The zero-order valence-corrected chi connectivity index (χ0v) is 20.3. The topological polar surface area (TPSA) is 112 Å². The number of aromatic nitrogens is 1. The largest absolute Gasteiger partial charge is 0.573 e. The van der Waals surface area contributed by atoms with Gasteiger partial charge in [0.25, 0.3) is 5.91 Å². The maximum atomic E-state index is 12.6. The van der Waals surface area contributed by atoms with E-state index in [0.29, 0.717) is 16.8 Å². The van der Waals surface area contributed by atoms with Gasteiger partial charge in [0.1, 0.15) is 9.54 Å². The number of benzene rings is 2. The number of rotatable bonds is 7. The van der Waals surface area contributed by atoms with Crippen molar-refractivity contribution >= 4 is 54.0 Å². The van der Waals surface area contributed by atoms with Gasteiger partial charge >= 0.3 is 6.36 Å². The second kappa shape index (κ2) is 10.00. The summed E-state index contributed by atoms with van der Waals surface area (Å²) in [5.74, 6) is -1.35. The van der Waals surface area contributed by atoms with E-state index in [4.69, 9.17) is 5.26 Å². The third kappa shape index (κ3) is 6.92. The summed E-state index contributed by atoms with van der Waals surface area (Å²) in [6, 6.07) is 13.7. The molecule has 0 atom stereocenters. The van der Waals surface area contributed by atoms with Gasteiger partial charge in [-0.05, 0) is 57.9 Å². The summed E-state index contributed by atoms with van der Waals surface area (Å²) in [7, 11) is -3.83. The fourth-order valence-electron chi connectivity index (χ4n) is 2.77. The molecule has 1 aromatic heterocycles. The highest BCUT2D eigenvalue weighted by Gasteiger charge is 2.31. The van der Waals surface area contributed by atoms with Gasteiger partial charge in [-0.2, -0.15) is 5.26 Å². The van der Waals surface area contributed by atoms with Crippen LogP contribution in [-0.2, 0) is 16.6 Å². The Morgan fingerprint density at radius 1 is 1.26 bits per heavy atom. The van der Waals surface area contributed by atoms with Crippen molar-refractivity contribution in [2.45, 2.75) is 12.9 Å². The van der Waals surface area contributed by atoms with Gasteiger partial charge in [0.05, 0.1) is 24.4 Å². The number of carbonyl (C=O) groups excluding carboxylic acids is 1. The lowest BCUT2D eigenvalue weighted by Gasteiger charge is -2.22. The van der Waals surface area contributed by atoms with Crippen molar-refractivity contribution in [2.75, 3.05) is 11.2 Å². The summed E-state index contributed by atoms with van der Waals surface area (Å²) in [6.45, 7) is 0.0219. The molecule has 0 saturated carbocycles. The van der Waals surface area contributed by atoms with E-state index in [0.717, 1.165) is 23.7 Å². The van der Waals surface area contributed by atoms with E-state index in [2.05, 4.69) is 25.7 Å². The van der Waals surface area contributed by atoms with Crippen LogP contribution in [0.1, 0.15) is 21.6 Å². The van der Waals surface area contributed by atoms with Crippen LogP contribution >= 0.6 is 27.3 Å². The Hall–Kier alpha value is -3.15. The second-order valence-electron chi connectivity index (χ2n) is 6.76. The average Bonchev–Trinajstić information content (AvgIpc) is 3.11. The van der Waals surface area contributed by atoms with E-state index in [-0.39, 0.29) is 21.2 Å². The number of hydrogen-bond donors (Lipinski definition) is 1. The quantitative estimate of drug-likeness (QED) is 0.435. The van der Waals surface area contributed by atoms with Crippen molar-refractivity contribution in [2.24, 2.45) is 0 Å². The van der Waals surface area contributed by atoms with E-state index in [1.807, 2.05) is 10.8 Å². The van der Waals surface area contributed by atoms with Crippen LogP contribution in [-0.4, -0.2) is 31.9 Å². The summed E-state index contributed by atoms with van der Waals surface area (Å²) in [4.78, 5) is 18.2. The van der Waals surface area contributed by atoms with Crippen LogP contribution in [0.3, 0.4) is 0 Å². The first kappa shape index (κ1) is 25.5. The van der Waals surface area contributed by atoms with Gasteiger partial charge in [-0.3, -0.25) is 4.79 Å². The minimum Gasteiger partial charge on any atom is -0.406 e. The number of thiazole rings is 1. The molecule has 0 aliphatic carbocycles. The van der Waals surface area contributed by atoms with Gasteiger partial charge in [0.2, 0.25) is 10.0 Å². The molecule has 0 aliphatic rings. The zero-order chi connectivity index (χ0) is 25.1. The van der Waals surface area contributed by atoms with Crippen LogP contribution in [0, 0.1) is 11.3 Å². The first-order chi connectivity index (χ1) is 15.8. The summed E-state index contributed by atoms with van der Waals surface area (Å²) in [5, 5.41) is 9.30. The number of anilines is 2.